The molecule has 1 N–H and O–H groups in total. The van der Waals surface area contributed by atoms with E-state index in [4.69, 9.17) is 11.6 Å². The minimum atomic E-state index is -0.242. The van der Waals surface area contributed by atoms with Crippen LogP contribution in [0.1, 0.15) is 21.5 Å². The number of benzene rings is 3. The molecule has 3 aromatic carbocycles. The number of anilines is 1. The second-order valence-corrected chi connectivity index (χ2v) is 7.13. The van der Waals surface area contributed by atoms with E-state index < -0.39 is 0 Å². The highest BCUT2D eigenvalue weighted by Gasteiger charge is 2.14. The van der Waals surface area contributed by atoms with Gasteiger partial charge < -0.3 is 5.32 Å². The predicted molar refractivity (Wildman–Crippen MR) is 106 cm³/mol. The van der Waals surface area contributed by atoms with Crippen molar-refractivity contribution < 1.29 is 4.79 Å². The van der Waals surface area contributed by atoms with Gasteiger partial charge in [-0.1, -0.05) is 53.7 Å². The highest BCUT2D eigenvalue weighted by atomic mass is 35.5. The lowest BCUT2D eigenvalue weighted by molar-refractivity contribution is 0.102. The molecule has 0 unspecified atom stereocenters. The minimum Gasteiger partial charge on any atom is -0.321 e. The van der Waals surface area contributed by atoms with Crippen molar-refractivity contribution in [3.8, 4) is 6.07 Å². The van der Waals surface area contributed by atoms with Crippen molar-refractivity contribution in [3.63, 3.8) is 0 Å². The van der Waals surface area contributed by atoms with Crippen LogP contribution >= 0.6 is 23.4 Å². The van der Waals surface area contributed by atoms with Crippen molar-refractivity contribution >= 4 is 35.0 Å². The molecule has 0 aliphatic rings. The molecule has 0 spiro atoms. The first-order valence-electron chi connectivity index (χ1n) is 7.92. The van der Waals surface area contributed by atoms with E-state index in [9.17, 15) is 10.1 Å². The molecule has 0 heterocycles. The number of aryl methyl sites for hydroxylation is 1. The summed E-state index contributed by atoms with van der Waals surface area (Å²) in [7, 11) is 0. The summed E-state index contributed by atoms with van der Waals surface area (Å²) in [6, 6.07) is 22.3. The molecule has 5 heteroatoms. The van der Waals surface area contributed by atoms with Crippen LogP contribution in [-0.4, -0.2) is 5.91 Å². The molecular weight excluding hydrogens is 364 g/mol. The van der Waals surface area contributed by atoms with Crippen LogP contribution in [0.15, 0.2) is 76.5 Å². The van der Waals surface area contributed by atoms with Gasteiger partial charge in [0.05, 0.1) is 21.8 Å². The van der Waals surface area contributed by atoms with Gasteiger partial charge in [0.2, 0.25) is 0 Å². The highest BCUT2D eigenvalue weighted by molar-refractivity contribution is 7.99. The number of nitrogens with one attached hydrogen (secondary N) is 1. The summed E-state index contributed by atoms with van der Waals surface area (Å²) in [5.41, 5.74) is 2.70. The Morgan fingerprint density at radius 1 is 1.04 bits per heavy atom. The predicted octanol–water partition coefficient (Wildman–Crippen LogP) is 5.92. The van der Waals surface area contributed by atoms with E-state index in [2.05, 4.69) is 11.4 Å². The molecule has 0 fully saturated rings. The zero-order chi connectivity index (χ0) is 18.5. The standard InChI is InChI=1S/C21H15ClN2OS/c1-14-10-11-18(17(22)12-14)24-21(25)16-7-3-5-9-20(16)26-19-8-4-2-6-15(19)13-23/h2-12H,1H3,(H,24,25). The molecule has 0 bridgehead atoms. The Kier molecular flexibility index (Phi) is 5.62. The van der Waals surface area contributed by atoms with Crippen molar-refractivity contribution in [2.75, 3.05) is 5.32 Å². The third kappa shape index (κ3) is 4.08. The highest BCUT2D eigenvalue weighted by Crippen LogP contribution is 2.33. The van der Waals surface area contributed by atoms with Gasteiger partial charge in [-0.05, 0) is 48.9 Å². The first kappa shape index (κ1) is 18.1. The topological polar surface area (TPSA) is 52.9 Å². The quantitative estimate of drug-likeness (QED) is 0.612. The number of rotatable bonds is 4. The number of hydrogen-bond donors (Lipinski definition) is 1. The summed E-state index contributed by atoms with van der Waals surface area (Å²) in [4.78, 5) is 14.4. The fraction of sp³-hybridized carbons (Fsp3) is 0.0476. The molecular formula is C21H15ClN2OS. The third-order valence-electron chi connectivity index (χ3n) is 3.73. The van der Waals surface area contributed by atoms with Gasteiger partial charge in [0.1, 0.15) is 6.07 Å². The van der Waals surface area contributed by atoms with Crippen molar-refractivity contribution in [1.29, 1.82) is 5.26 Å². The fourth-order valence-electron chi connectivity index (χ4n) is 2.42. The van der Waals surface area contributed by atoms with Gasteiger partial charge in [0, 0.05) is 9.79 Å². The molecule has 1 amide bonds. The van der Waals surface area contributed by atoms with Gasteiger partial charge in [0.15, 0.2) is 0 Å². The maximum Gasteiger partial charge on any atom is 0.256 e. The number of amides is 1. The average Bonchev–Trinajstić information content (AvgIpc) is 2.65. The number of hydrogen-bond acceptors (Lipinski definition) is 3. The minimum absolute atomic E-state index is 0.242. The van der Waals surface area contributed by atoms with E-state index in [1.165, 1.54) is 11.8 Å². The Morgan fingerprint density at radius 3 is 2.46 bits per heavy atom. The lowest BCUT2D eigenvalue weighted by atomic mass is 10.2. The Hall–Kier alpha value is -2.74. The second-order valence-electron chi connectivity index (χ2n) is 5.64. The molecule has 0 aliphatic carbocycles. The number of nitriles is 1. The number of nitrogens with zero attached hydrogens (tertiary/aromatic N) is 1. The van der Waals surface area contributed by atoms with Gasteiger partial charge in [-0.15, -0.1) is 0 Å². The van der Waals surface area contributed by atoms with Crippen molar-refractivity contribution in [1.82, 2.24) is 0 Å². The molecule has 3 rings (SSSR count). The fourth-order valence-corrected chi connectivity index (χ4v) is 3.73. The first-order valence-corrected chi connectivity index (χ1v) is 9.11. The van der Waals surface area contributed by atoms with Crippen LogP contribution in [0.3, 0.4) is 0 Å². The molecule has 3 aromatic rings. The Labute approximate surface area is 161 Å². The van der Waals surface area contributed by atoms with Gasteiger partial charge in [-0.3, -0.25) is 4.79 Å². The summed E-state index contributed by atoms with van der Waals surface area (Å²) in [6.45, 7) is 1.94. The van der Waals surface area contributed by atoms with E-state index >= 15 is 0 Å². The molecule has 0 saturated heterocycles. The molecule has 0 aromatic heterocycles. The zero-order valence-corrected chi connectivity index (χ0v) is 15.6. The van der Waals surface area contributed by atoms with Gasteiger partial charge in [-0.25, -0.2) is 0 Å². The van der Waals surface area contributed by atoms with Gasteiger partial charge in [-0.2, -0.15) is 5.26 Å². The van der Waals surface area contributed by atoms with E-state index in [-0.39, 0.29) is 5.91 Å². The zero-order valence-electron chi connectivity index (χ0n) is 14.0. The second kappa shape index (κ2) is 8.09. The SMILES string of the molecule is Cc1ccc(NC(=O)c2ccccc2Sc2ccccc2C#N)c(Cl)c1. The molecule has 0 aliphatic heterocycles. The van der Waals surface area contributed by atoms with Gasteiger partial charge >= 0.3 is 0 Å². The summed E-state index contributed by atoms with van der Waals surface area (Å²) in [6.07, 6.45) is 0. The molecule has 0 radical (unpaired) electrons. The normalized spacial score (nSPS) is 10.2. The summed E-state index contributed by atoms with van der Waals surface area (Å²) < 4.78 is 0. The molecule has 3 nitrogen and oxygen atoms in total. The van der Waals surface area contributed by atoms with Crippen LogP contribution in [0.2, 0.25) is 5.02 Å². The average molecular weight is 379 g/mol. The van der Waals surface area contributed by atoms with Crippen LogP contribution in [0.4, 0.5) is 5.69 Å². The summed E-state index contributed by atoms with van der Waals surface area (Å²) >= 11 is 7.61. The Morgan fingerprint density at radius 2 is 1.73 bits per heavy atom. The first-order chi connectivity index (χ1) is 12.6. The van der Waals surface area contributed by atoms with E-state index in [1.54, 1.807) is 24.3 Å². The molecule has 0 saturated carbocycles. The smallest absolute Gasteiger partial charge is 0.256 e. The molecule has 128 valence electrons. The number of carbonyl (C=O) groups is 1. The van der Waals surface area contributed by atoms with Crippen LogP contribution in [-0.2, 0) is 0 Å². The third-order valence-corrected chi connectivity index (χ3v) is 5.20. The monoisotopic (exact) mass is 378 g/mol. The van der Waals surface area contributed by atoms with Crippen molar-refractivity contribution in [3.05, 3.63) is 88.4 Å². The Bertz CT molecular complexity index is 1010. The summed E-state index contributed by atoms with van der Waals surface area (Å²) in [5, 5.41) is 12.6. The maximum absolute atomic E-state index is 12.8. The number of halogens is 1. The van der Waals surface area contributed by atoms with Crippen LogP contribution < -0.4 is 5.32 Å². The number of carbonyl (C=O) groups excluding carboxylic acids is 1. The van der Waals surface area contributed by atoms with Crippen LogP contribution in [0.5, 0.6) is 0 Å². The van der Waals surface area contributed by atoms with Crippen molar-refractivity contribution in [2.24, 2.45) is 0 Å². The lowest BCUT2D eigenvalue weighted by Gasteiger charge is -2.12. The van der Waals surface area contributed by atoms with Crippen LogP contribution in [0, 0.1) is 18.3 Å². The van der Waals surface area contributed by atoms with E-state index in [0.717, 1.165) is 15.4 Å². The maximum atomic E-state index is 12.8. The Balaban J connectivity index is 1.89. The summed E-state index contributed by atoms with van der Waals surface area (Å²) in [5.74, 6) is -0.242. The van der Waals surface area contributed by atoms with Crippen molar-refractivity contribution in [2.45, 2.75) is 16.7 Å². The van der Waals surface area contributed by atoms with E-state index in [0.29, 0.717) is 21.8 Å². The van der Waals surface area contributed by atoms with Crippen LogP contribution in [0.25, 0.3) is 0 Å². The lowest BCUT2D eigenvalue weighted by Crippen LogP contribution is -2.13. The molecule has 26 heavy (non-hydrogen) atoms. The largest absolute Gasteiger partial charge is 0.321 e. The van der Waals surface area contributed by atoms with E-state index in [1.807, 2.05) is 49.4 Å². The molecule has 0 atom stereocenters. The van der Waals surface area contributed by atoms with Gasteiger partial charge in [0.25, 0.3) is 5.91 Å².